The van der Waals surface area contributed by atoms with Crippen LogP contribution in [0.25, 0.3) is 11.3 Å². The van der Waals surface area contributed by atoms with Crippen LogP contribution in [0.4, 0.5) is 21.2 Å². The summed E-state index contributed by atoms with van der Waals surface area (Å²) in [5.74, 6) is 1.40. The van der Waals surface area contributed by atoms with Crippen LogP contribution in [0, 0.1) is 11.8 Å². The van der Waals surface area contributed by atoms with Crippen LogP contribution < -0.4 is 16.0 Å². The molecule has 6 rings (SSSR count). The summed E-state index contributed by atoms with van der Waals surface area (Å²) in [4.78, 5) is 87.1. The monoisotopic (exact) mass is 770 g/mol. The van der Waals surface area contributed by atoms with E-state index >= 15 is 0 Å². The molecule has 0 radical (unpaired) electrons. The number of imidazole rings is 2. The molecule has 4 atom stereocenters. The summed E-state index contributed by atoms with van der Waals surface area (Å²) in [5.41, 5.74) is 2.47. The molecule has 298 valence electrons. The number of alkyl carbamates (subject to hydrolysis) is 2. The van der Waals surface area contributed by atoms with Gasteiger partial charge in [0.25, 0.3) is 0 Å². The normalized spacial score (nSPS) is 17.9. The van der Waals surface area contributed by atoms with E-state index in [1.54, 1.807) is 46.6 Å². The van der Waals surface area contributed by atoms with Gasteiger partial charge in [-0.15, -0.1) is 0 Å². The van der Waals surface area contributed by atoms with Crippen LogP contribution >= 0.6 is 0 Å². The van der Waals surface area contributed by atoms with Gasteiger partial charge in [-0.25, -0.2) is 19.6 Å². The van der Waals surface area contributed by atoms with E-state index in [4.69, 9.17) is 9.47 Å². The Morgan fingerprint density at radius 1 is 0.750 bits per heavy atom. The first-order chi connectivity index (χ1) is 26.9. The van der Waals surface area contributed by atoms with Gasteiger partial charge < -0.3 is 50.2 Å². The molecule has 56 heavy (non-hydrogen) atoms. The number of ketones is 1. The summed E-state index contributed by atoms with van der Waals surface area (Å²) < 4.78 is 9.47. The van der Waals surface area contributed by atoms with Crippen molar-refractivity contribution in [3.63, 3.8) is 0 Å². The van der Waals surface area contributed by atoms with E-state index < -0.39 is 24.3 Å². The first-order valence-corrected chi connectivity index (χ1v) is 18.9. The van der Waals surface area contributed by atoms with Crippen molar-refractivity contribution in [1.82, 2.24) is 45.4 Å². The first kappa shape index (κ1) is 39.6. The molecule has 5 heterocycles. The third-order valence-corrected chi connectivity index (χ3v) is 10.4. The van der Waals surface area contributed by atoms with Crippen LogP contribution in [0.3, 0.4) is 0 Å². The summed E-state index contributed by atoms with van der Waals surface area (Å²) in [5, 5.41) is 8.56. The van der Waals surface area contributed by atoms with Crippen molar-refractivity contribution in [3.05, 3.63) is 71.7 Å². The smallest absolute Gasteiger partial charge is 0.407 e. The van der Waals surface area contributed by atoms with Crippen LogP contribution in [-0.4, -0.2) is 104 Å². The van der Waals surface area contributed by atoms with Gasteiger partial charge in [-0.05, 0) is 49.1 Å². The zero-order valence-corrected chi connectivity index (χ0v) is 32.5. The Hall–Kier alpha value is -6.13. The Bertz CT molecular complexity index is 2030. The van der Waals surface area contributed by atoms with Crippen molar-refractivity contribution in [2.45, 2.75) is 77.5 Å². The van der Waals surface area contributed by atoms with Crippen LogP contribution in [0.15, 0.2) is 48.9 Å². The minimum Gasteiger partial charge on any atom is -0.453 e. The summed E-state index contributed by atoms with van der Waals surface area (Å²) in [6, 6.07) is 6.86. The lowest BCUT2D eigenvalue weighted by molar-refractivity contribution is -0.136. The number of aromatic nitrogens is 5. The lowest BCUT2D eigenvalue weighted by atomic mass is 10.0. The van der Waals surface area contributed by atoms with Gasteiger partial charge in [0.2, 0.25) is 11.8 Å². The number of anilines is 2. The fraction of sp³-hybridized carbons (Fsp3) is 0.462. The number of ether oxygens (including phenoxy) is 2. The largest absolute Gasteiger partial charge is 0.453 e. The second-order valence-electron chi connectivity index (χ2n) is 14.8. The molecule has 0 saturated carbocycles. The molecule has 4 aromatic rings. The van der Waals surface area contributed by atoms with Crippen molar-refractivity contribution in [2.24, 2.45) is 11.8 Å². The predicted octanol–water partition coefficient (Wildman–Crippen LogP) is 5.19. The molecule has 17 heteroatoms. The second kappa shape index (κ2) is 17.1. The number of hydrogen-bond acceptors (Lipinski definition) is 10. The van der Waals surface area contributed by atoms with Crippen LogP contribution in [0.1, 0.15) is 93.0 Å². The molecule has 3 aromatic heterocycles. The maximum atomic E-state index is 13.7. The van der Waals surface area contributed by atoms with Gasteiger partial charge in [-0.1, -0.05) is 52.0 Å². The molecule has 2 saturated heterocycles. The lowest BCUT2D eigenvalue weighted by Crippen LogP contribution is -2.51. The molecule has 0 unspecified atom stereocenters. The van der Waals surface area contributed by atoms with Gasteiger partial charge in [0.1, 0.15) is 35.4 Å². The maximum absolute atomic E-state index is 13.7. The zero-order valence-electron chi connectivity index (χ0n) is 32.5. The molecule has 17 nitrogen and oxygen atoms in total. The SMILES string of the molecule is COC(=O)N[C@H](C(=O)N1CCC[C@H]1c1ncc(Nc2[nH]ccc2C(=O)c2ccc(-c3cnc([C@@H]4CCCN4C(=O)[C@@H](NC(=O)OC)C(C)C)[nH]3)cc2)[nH]1)C(C)C. The van der Waals surface area contributed by atoms with Crippen molar-refractivity contribution in [3.8, 4) is 11.3 Å². The van der Waals surface area contributed by atoms with Crippen LogP contribution in [0.5, 0.6) is 0 Å². The molecular weight excluding hydrogens is 720 g/mol. The number of nitrogens with zero attached hydrogens (tertiary/aromatic N) is 4. The summed E-state index contributed by atoms with van der Waals surface area (Å²) in [6.45, 7) is 8.57. The lowest BCUT2D eigenvalue weighted by Gasteiger charge is -2.30. The minimum atomic E-state index is -0.740. The van der Waals surface area contributed by atoms with Gasteiger partial charge in [-0.2, -0.15) is 0 Å². The van der Waals surface area contributed by atoms with Gasteiger partial charge in [0.15, 0.2) is 5.78 Å². The van der Waals surface area contributed by atoms with Gasteiger partial charge in [-0.3, -0.25) is 14.4 Å². The molecule has 1 aromatic carbocycles. The Labute approximate surface area is 324 Å². The van der Waals surface area contributed by atoms with Crippen LogP contribution in [-0.2, 0) is 19.1 Å². The van der Waals surface area contributed by atoms with Crippen molar-refractivity contribution in [2.75, 3.05) is 32.6 Å². The summed E-state index contributed by atoms with van der Waals surface area (Å²) in [7, 11) is 2.53. The number of methoxy groups -OCH3 is 2. The van der Waals surface area contributed by atoms with Crippen molar-refractivity contribution < 1.29 is 33.4 Å². The quantitative estimate of drug-likeness (QED) is 0.0978. The third kappa shape index (κ3) is 8.40. The second-order valence-corrected chi connectivity index (χ2v) is 14.8. The predicted molar refractivity (Wildman–Crippen MR) is 206 cm³/mol. The highest BCUT2D eigenvalue weighted by molar-refractivity contribution is 6.12. The summed E-state index contributed by atoms with van der Waals surface area (Å²) >= 11 is 0. The van der Waals surface area contributed by atoms with Crippen molar-refractivity contribution >= 4 is 41.4 Å². The van der Waals surface area contributed by atoms with E-state index in [2.05, 4.69) is 40.9 Å². The number of rotatable bonds is 13. The molecule has 2 fully saturated rings. The van der Waals surface area contributed by atoms with E-state index in [0.717, 1.165) is 30.5 Å². The van der Waals surface area contributed by atoms with Gasteiger partial charge in [0.05, 0.1) is 50.0 Å². The number of likely N-dealkylation sites (tertiary alicyclic amines) is 2. The number of benzene rings is 1. The number of H-pyrrole nitrogens is 3. The van der Waals surface area contributed by atoms with E-state index in [9.17, 15) is 24.0 Å². The number of amides is 4. The van der Waals surface area contributed by atoms with E-state index in [0.29, 0.717) is 53.9 Å². The number of hydrogen-bond donors (Lipinski definition) is 6. The highest BCUT2D eigenvalue weighted by Crippen LogP contribution is 2.34. The number of carbonyl (C=O) groups excluding carboxylic acids is 5. The average Bonchev–Trinajstić information content (AvgIpc) is 4.04. The van der Waals surface area contributed by atoms with E-state index in [-0.39, 0.29) is 41.5 Å². The highest BCUT2D eigenvalue weighted by Gasteiger charge is 2.39. The molecule has 4 amide bonds. The number of nitrogens with one attached hydrogen (secondary N) is 6. The Morgan fingerprint density at radius 3 is 1.82 bits per heavy atom. The third-order valence-electron chi connectivity index (χ3n) is 10.4. The first-order valence-electron chi connectivity index (χ1n) is 18.9. The molecule has 6 N–H and O–H groups in total. The number of carbonyl (C=O) groups is 5. The van der Waals surface area contributed by atoms with Gasteiger partial charge >= 0.3 is 12.2 Å². The molecule has 2 aliphatic heterocycles. The summed E-state index contributed by atoms with van der Waals surface area (Å²) in [6.07, 6.45) is 6.73. The topological polar surface area (TPSA) is 220 Å². The van der Waals surface area contributed by atoms with E-state index in [1.165, 1.54) is 14.2 Å². The fourth-order valence-corrected chi connectivity index (χ4v) is 7.36. The minimum absolute atomic E-state index is 0.137. The zero-order chi connectivity index (χ0) is 40.1. The molecular formula is C39H50N10O7. The molecule has 0 aliphatic carbocycles. The fourth-order valence-electron chi connectivity index (χ4n) is 7.36. The molecule has 0 spiro atoms. The maximum Gasteiger partial charge on any atom is 0.407 e. The average molecular weight is 771 g/mol. The van der Waals surface area contributed by atoms with Gasteiger partial charge in [0, 0.05) is 24.8 Å². The Morgan fingerprint density at radius 2 is 1.29 bits per heavy atom. The van der Waals surface area contributed by atoms with E-state index in [1.807, 2.05) is 39.8 Å². The molecule has 2 aliphatic rings. The Kier molecular flexibility index (Phi) is 12.1. The highest BCUT2D eigenvalue weighted by atomic mass is 16.5. The van der Waals surface area contributed by atoms with Crippen LogP contribution in [0.2, 0.25) is 0 Å². The Balaban J connectivity index is 1.11. The molecule has 0 bridgehead atoms. The van der Waals surface area contributed by atoms with Crippen molar-refractivity contribution in [1.29, 1.82) is 0 Å². The standard InChI is InChI=1S/C39H50N10O7/c1-21(2)30(46-38(53)55-5)36(51)48-17-7-9-27(48)34-41-19-26(43-34)23-11-13-24(14-12-23)32(50)25-15-16-40-33(25)44-29-20-42-35(45-29)28-10-8-18-49(28)37(52)31(22(3)4)47-39(54)56-6/h11-16,19-22,27-28,30-31,40,44H,7-10,17-18H2,1-6H3,(H,41,43)(H,42,45)(H,46,53)(H,47,54)/t27-,28-,30-,31-/m0/s1. The number of aromatic amines is 3.